The number of nitrogens with zero attached hydrogens (tertiary/aromatic N) is 1. The zero-order chi connectivity index (χ0) is 26.9. The van der Waals surface area contributed by atoms with Gasteiger partial charge in [0.2, 0.25) is 5.76 Å². The molecule has 0 saturated heterocycles. The molecule has 1 aromatic heterocycles. The van der Waals surface area contributed by atoms with Crippen LogP contribution in [0.15, 0.2) is 111 Å². The maximum Gasteiger partial charge on any atom is 0.295 e. The average Bonchev–Trinajstić information content (AvgIpc) is 3.26. The molecule has 0 aliphatic carbocycles. The van der Waals surface area contributed by atoms with Gasteiger partial charge >= 0.3 is 0 Å². The fourth-order valence-corrected chi connectivity index (χ4v) is 5.19. The van der Waals surface area contributed by atoms with Gasteiger partial charge in [-0.05, 0) is 66.6 Å². The van der Waals surface area contributed by atoms with Crippen molar-refractivity contribution in [1.29, 1.82) is 0 Å². The van der Waals surface area contributed by atoms with Crippen molar-refractivity contribution < 1.29 is 18.7 Å². The molecular formula is C32H24BrNO5. The van der Waals surface area contributed by atoms with Gasteiger partial charge in [0.15, 0.2) is 16.9 Å². The number of hydrogen-bond donors (Lipinski definition) is 0. The quantitative estimate of drug-likeness (QED) is 0.202. The fourth-order valence-electron chi connectivity index (χ4n) is 4.92. The van der Waals surface area contributed by atoms with Crippen molar-refractivity contribution in [2.45, 2.75) is 19.6 Å². The number of halogens is 1. The summed E-state index contributed by atoms with van der Waals surface area (Å²) >= 11 is 3.46. The van der Waals surface area contributed by atoms with E-state index in [2.05, 4.69) is 15.9 Å². The third-order valence-corrected chi connectivity index (χ3v) is 7.23. The minimum Gasteiger partial charge on any atom is -0.490 e. The van der Waals surface area contributed by atoms with Crippen LogP contribution in [0.4, 0.5) is 5.69 Å². The second-order valence-electron chi connectivity index (χ2n) is 9.14. The number of carbonyl (C=O) groups excluding carboxylic acids is 1. The Balaban J connectivity index is 1.49. The Morgan fingerprint density at radius 3 is 2.36 bits per heavy atom. The highest BCUT2D eigenvalue weighted by Crippen LogP contribution is 2.43. The van der Waals surface area contributed by atoms with Crippen molar-refractivity contribution in [3.05, 3.63) is 134 Å². The van der Waals surface area contributed by atoms with Crippen LogP contribution in [-0.2, 0) is 6.61 Å². The van der Waals surface area contributed by atoms with Gasteiger partial charge in [-0.15, -0.1) is 0 Å². The van der Waals surface area contributed by atoms with Crippen LogP contribution in [0.2, 0.25) is 0 Å². The summed E-state index contributed by atoms with van der Waals surface area (Å²) in [4.78, 5) is 29.2. The van der Waals surface area contributed by atoms with Gasteiger partial charge in [0.25, 0.3) is 5.91 Å². The van der Waals surface area contributed by atoms with Crippen molar-refractivity contribution >= 4 is 38.5 Å². The molecule has 1 aliphatic rings. The SMILES string of the molecule is CCOc1cc(C2c3c(oc4ccccc4c3=O)C(=O)N2c2ccc(Br)cc2)ccc1OCc1ccccc1. The predicted octanol–water partition coefficient (Wildman–Crippen LogP) is 7.28. The molecule has 4 aromatic carbocycles. The lowest BCUT2D eigenvalue weighted by molar-refractivity contribution is 0.0971. The predicted molar refractivity (Wildman–Crippen MR) is 154 cm³/mol. The first kappa shape index (κ1) is 24.9. The maximum atomic E-state index is 13.8. The molecule has 0 radical (unpaired) electrons. The van der Waals surface area contributed by atoms with E-state index < -0.39 is 6.04 Å². The summed E-state index contributed by atoms with van der Waals surface area (Å²) in [7, 11) is 0. The minimum atomic E-state index is -0.711. The number of fused-ring (bicyclic) bond motifs is 2. The second-order valence-corrected chi connectivity index (χ2v) is 10.1. The molecule has 1 atom stereocenters. The fraction of sp³-hybridized carbons (Fsp3) is 0.125. The number of carbonyl (C=O) groups is 1. The van der Waals surface area contributed by atoms with E-state index in [0.29, 0.717) is 52.5 Å². The molecule has 0 saturated carbocycles. The van der Waals surface area contributed by atoms with Gasteiger partial charge < -0.3 is 13.9 Å². The van der Waals surface area contributed by atoms with Crippen molar-refractivity contribution in [2.75, 3.05) is 11.5 Å². The maximum absolute atomic E-state index is 13.8. The molecule has 39 heavy (non-hydrogen) atoms. The van der Waals surface area contributed by atoms with Gasteiger partial charge in [-0.25, -0.2) is 0 Å². The van der Waals surface area contributed by atoms with Crippen LogP contribution in [-0.4, -0.2) is 12.5 Å². The summed E-state index contributed by atoms with van der Waals surface area (Å²) in [6.07, 6.45) is 0. The van der Waals surface area contributed by atoms with E-state index in [4.69, 9.17) is 13.9 Å². The Bertz CT molecular complexity index is 1730. The molecule has 6 rings (SSSR count). The topological polar surface area (TPSA) is 69.0 Å². The lowest BCUT2D eigenvalue weighted by Crippen LogP contribution is -2.29. The Hall–Kier alpha value is -4.36. The Morgan fingerprint density at radius 2 is 1.59 bits per heavy atom. The molecule has 2 heterocycles. The lowest BCUT2D eigenvalue weighted by Gasteiger charge is -2.26. The first-order valence-electron chi connectivity index (χ1n) is 12.6. The van der Waals surface area contributed by atoms with Gasteiger partial charge in [-0.2, -0.15) is 0 Å². The molecule has 0 bridgehead atoms. The average molecular weight is 582 g/mol. The molecule has 194 valence electrons. The van der Waals surface area contributed by atoms with Crippen molar-refractivity contribution in [2.24, 2.45) is 0 Å². The van der Waals surface area contributed by atoms with Gasteiger partial charge in [0, 0.05) is 10.2 Å². The molecule has 0 spiro atoms. The van der Waals surface area contributed by atoms with E-state index in [-0.39, 0.29) is 17.1 Å². The smallest absolute Gasteiger partial charge is 0.295 e. The lowest BCUT2D eigenvalue weighted by atomic mass is 9.97. The highest BCUT2D eigenvalue weighted by molar-refractivity contribution is 9.10. The number of ether oxygens (including phenoxy) is 2. The number of rotatable bonds is 7. The summed E-state index contributed by atoms with van der Waals surface area (Å²) in [5.41, 5.74) is 2.85. The van der Waals surface area contributed by atoms with E-state index in [1.807, 2.05) is 79.7 Å². The summed E-state index contributed by atoms with van der Waals surface area (Å²) in [5.74, 6) is 0.791. The van der Waals surface area contributed by atoms with Crippen LogP contribution in [0.1, 0.15) is 40.2 Å². The van der Waals surface area contributed by atoms with Crippen molar-refractivity contribution in [3.63, 3.8) is 0 Å². The van der Waals surface area contributed by atoms with Crippen LogP contribution in [0.3, 0.4) is 0 Å². The molecule has 1 unspecified atom stereocenters. The number of para-hydroxylation sites is 1. The molecule has 5 aromatic rings. The third kappa shape index (κ3) is 4.59. The summed E-state index contributed by atoms with van der Waals surface area (Å²) in [6, 6.07) is 29.1. The first-order valence-corrected chi connectivity index (χ1v) is 13.4. The van der Waals surface area contributed by atoms with E-state index in [9.17, 15) is 9.59 Å². The highest BCUT2D eigenvalue weighted by Gasteiger charge is 2.44. The normalized spacial score (nSPS) is 14.5. The molecule has 7 heteroatoms. The number of anilines is 1. The van der Waals surface area contributed by atoms with Crippen LogP contribution in [0.25, 0.3) is 11.0 Å². The van der Waals surface area contributed by atoms with E-state index >= 15 is 0 Å². The number of benzene rings is 4. The molecule has 1 amide bonds. The van der Waals surface area contributed by atoms with E-state index in [1.165, 1.54) is 0 Å². The monoisotopic (exact) mass is 581 g/mol. The first-order chi connectivity index (χ1) is 19.0. The molecule has 0 fully saturated rings. The van der Waals surface area contributed by atoms with Crippen LogP contribution < -0.4 is 19.8 Å². The van der Waals surface area contributed by atoms with E-state index in [0.717, 1.165) is 10.0 Å². The summed E-state index contributed by atoms with van der Waals surface area (Å²) < 4.78 is 19.0. The molecule has 6 nitrogen and oxygen atoms in total. The molecule has 0 N–H and O–H groups in total. The zero-order valence-corrected chi connectivity index (χ0v) is 22.7. The van der Waals surface area contributed by atoms with Gasteiger partial charge in [0.1, 0.15) is 12.2 Å². The molecular weight excluding hydrogens is 558 g/mol. The van der Waals surface area contributed by atoms with E-state index in [1.54, 1.807) is 29.2 Å². The Labute approximate surface area is 233 Å². The summed E-state index contributed by atoms with van der Waals surface area (Å²) in [5, 5.41) is 0.430. The van der Waals surface area contributed by atoms with Gasteiger partial charge in [-0.3, -0.25) is 14.5 Å². The zero-order valence-electron chi connectivity index (χ0n) is 21.1. The minimum absolute atomic E-state index is 0.0500. The van der Waals surface area contributed by atoms with Gasteiger partial charge in [0.05, 0.1) is 23.6 Å². The standard InChI is InChI=1S/C32H24BrNO5/c1-2-37-27-18-21(12-17-26(27)38-19-20-8-4-3-5-9-20)29-28-30(35)24-10-6-7-11-25(24)39-31(28)32(36)34(29)23-15-13-22(33)14-16-23/h3-18,29H,2,19H2,1H3. The Kier molecular flexibility index (Phi) is 6.67. The highest BCUT2D eigenvalue weighted by atomic mass is 79.9. The van der Waals surface area contributed by atoms with Gasteiger partial charge in [-0.1, -0.05) is 64.5 Å². The van der Waals surface area contributed by atoms with Crippen molar-refractivity contribution in [3.8, 4) is 11.5 Å². The van der Waals surface area contributed by atoms with Crippen molar-refractivity contribution in [1.82, 2.24) is 0 Å². The third-order valence-electron chi connectivity index (χ3n) is 6.70. The van der Waals surface area contributed by atoms with Crippen LogP contribution in [0.5, 0.6) is 11.5 Å². The number of amides is 1. The molecule has 1 aliphatic heterocycles. The Morgan fingerprint density at radius 1 is 0.846 bits per heavy atom. The second kappa shape index (κ2) is 10.4. The van der Waals surface area contributed by atoms with Crippen LogP contribution >= 0.6 is 15.9 Å². The number of hydrogen-bond acceptors (Lipinski definition) is 5. The summed E-state index contributed by atoms with van der Waals surface area (Å²) in [6.45, 7) is 2.71. The van der Waals surface area contributed by atoms with Crippen LogP contribution in [0, 0.1) is 0 Å². The largest absolute Gasteiger partial charge is 0.490 e.